The zero-order chi connectivity index (χ0) is 11.1. The van der Waals surface area contributed by atoms with Crippen molar-refractivity contribution in [2.45, 2.75) is 6.54 Å². The highest BCUT2D eigenvalue weighted by molar-refractivity contribution is 9.10. The fourth-order valence-corrected chi connectivity index (χ4v) is 1.93. The first kappa shape index (κ1) is 12.6. The van der Waals surface area contributed by atoms with Gasteiger partial charge >= 0.3 is 0 Å². The van der Waals surface area contributed by atoms with E-state index in [1.165, 1.54) is 5.56 Å². The van der Waals surface area contributed by atoms with Crippen LogP contribution in [-0.4, -0.2) is 36.2 Å². The van der Waals surface area contributed by atoms with Crippen LogP contribution in [0.1, 0.15) is 5.56 Å². The van der Waals surface area contributed by atoms with Crippen LogP contribution in [0.15, 0.2) is 28.7 Å². The van der Waals surface area contributed by atoms with E-state index in [9.17, 15) is 0 Å². The third-order valence-electron chi connectivity index (χ3n) is 2.16. The van der Waals surface area contributed by atoms with E-state index in [1.54, 1.807) is 0 Å². The second-order valence-electron chi connectivity index (χ2n) is 3.42. The molecule has 0 aliphatic rings. The minimum atomic E-state index is 0.175. The summed E-state index contributed by atoms with van der Waals surface area (Å²) in [5.41, 5.74) is 6.74. The van der Waals surface area contributed by atoms with Crippen molar-refractivity contribution < 1.29 is 5.11 Å². The van der Waals surface area contributed by atoms with E-state index in [4.69, 9.17) is 10.8 Å². The molecule has 0 bridgehead atoms. The first-order chi connectivity index (χ1) is 7.26. The zero-order valence-corrected chi connectivity index (χ0v) is 10.3. The molecule has 0 fully saturated rings. The molecule has 4 heteroatoms. The van der Waals surface area contributed by atoms with Crippen molar-refractivity contribution in [3.63, 3.8) is 0 Å². The van der Waals surface area contributed by atoms with Crippen LogP contribution < -0.4 is 5.73 Å². The van der Waals surface area contributed by atoms with Gasteiger partial charge in [-0.3, -0.25) is 4.90 Å². The summed E-state index contributed by atoms with van der Waals surface area (Å²) in [4.78, 5) is 2.14. The van der Waals surface area contributed by atoms with Crippen molar-refractivity contribution in [2.75, 3.05) is 26.2 Å². The molecule has 0 aromatic heterocycles. The van der Waals surface area contributed by atoms with Crippen LogP contribution in [0, 0.1) is 0 Å². The molecule has 1 rings (SSSR count). The molecule has 0 saturated carbocycles. The Bertz CT molecular complexity index is 288. The molecule has 15 heavy (non-hydrogen) atoms. The van der Waals surface area contributed by atoms with Crippen molar-refractivity contribution in [3.05, 3.63) is 34.3 Å². The Morgan fingerprint density at radius 1 is 1.33 bits per heavy atom. The number of aliphatic hydroxyl groups is 1. The summed E-state index contributed by atoms with van der Waals surface area (Å²) in [5, 5.41) is 8.90. The summed E-state index contributed by atoms with van der Waals surface area (Å²) in [6.45, 7) is 3.11. The summed E-state index contributed by atoms with van der Waals surface area (Å²) in [6, 6.07) is 8.17. The lowest BCUT2D eigenvalue weighted by molar-refractivity contribution is 0.194. The molecule has 1 aromatic carbocycles. The van der Waals surface area contributed by atoms with E-state index in [0.29, 0.717) is 13.1 Å². The molecule has 0 amide bonds. The number of hydrogen-bond donors (Lipinski definition) is 2. The van der Waals surface area contributed by atoms with Crippen molar-refractivity contribution in [1.29, 1.82) is 0 Å². The van der Waals surface area contributed by atoms with Gasteiger partial charge in [-0.05, 0) is 17.7 Å². The molecule has 0 radical (unpaired) electrons. The van der Waals surface area contributed by atoms with Crippen LogP contribution in [0.4, 0.5) is 0 Å². The number of halogens is 1. The molecular formula is C11H17BrN2O. The second-order valence-corrected chi connectivity index (χ2v) is 4.33. The van der Waals surface area contributed by atoms with Crippen LogP contribution in [-0.2, 0) is 6.54 Å². The van der Waals surface area contributed by atoms with Gasteiger partial charge in [0.2, 0.25) is 0 Å². The Kier molecular flexibility index (Phi) is 5.86. The second kappa shape index (κ2) is 6.95. The van der Waals surface area contributed by atoms with Gasteiger partial charge in [0.05, 0.1) is 6.61 Å². The molecule has 0 heterocycles. The largest absolute Gasteiger partial charge is 0.395 e. The number of nitrogens with two attached hydrogens (primary N) is 1. The zero-order valence-electron chi connectivity index (χ0n) is 8.69. The number of rotatable bonds is 6. The molecule has 3 N–H and O–H groups in total. The standard InChI is InChI=1S/C11H17BrN2O/c12-11-3-1-2-10(8-11)9-14(5-4-13)6-7-15/h1-3,8,15H,4-7,9,13H2. The summed E-state index contributed by atoms with van der Waals surface area (Å²) in [7, 11) is 0. The van der Waals surface area contributed by atoms with Crippen molar-refractivity contribution in [2.24, 2.45) is 5.73 Å². The number of nitrogens with zero attached hydrogens (tertiary/aromatic N) is 1. The van der Waals surface area contributed by atoms with Crippen LogP contribution in [0.3, 0.4) is 0 Å². The first-order valence-corrected chi connectivity index (χ1v) is 5.83. The van der Waals surface area contributed by atoms with Gasteiger partial charge in [0, 0.05) is 30.7 Å². The lowest BCUT2D eigenvalue weighted by atomic mass is 10.2. The highest BCUT2D eigenvalue weighted by Crippen LogP contribution is 2.13. The predicted molar refractivity (Wildman–Crippen MR) is 65.6 cm³/mol. The van der Waals surface area contributed by atoms with E-state index >= 15 is 0 Å². The van der Waals surface area contributed by atoms with E-state index in [2.05, 4.69) is 33.0 Å². The van der Waals surface area contributed by atoms with Crippen LogP contribution in [0.5, 0.6) is 0 Å². The average molecular weight is 273 g/mol. The third kappa shape index (κ3) is 4.75. The minimum absolute atomic E-state index is 0.175. The lowest BCUT2D eigenvalue weighted by Gasteiger charge is -2.20. The van der Waals surface area contributed by atoms with Crippen LogP contribution in [0.25, 0.3) is 0 Å². The number of aliphatic hydroxyl groups excluding tert-OH is 1. The molecule has 0 unspecified atom stereocenters. The molecule has 0 aliphatic carbocycles. The maximum absolute atomic E-state index is 8.90. The molecule has 0 aliphatic heterocycles. The Morgan fingerprint density at radius 3 is 2.73 bits per heavy atom. The number of hydrogen-bond acceptors (Lipinski definition) is 3. The van der Waals surface area contributed by atoms with Crippen molar-refractivity contribution in [3.8, 4) is 0 Å². The highest BCUT2D eigenvalue weighted by atomic mass is 79.9. The van der Waals surface area contributed by atoms with Gasteiger partial charge in [0.25, 0.3) is 0 Å². The van der Waals surface area contributed by atoms with Gasteiger partial charge in [0.15, 0.2) is 0 Å². The van der Waals surface area contributed by atoms with E-state index in [-0.39, 0.29) is 6.61 Å². The van der Waals surface area contributed by atoms with Crippen LogP contribution >= 0.6 is 15.9 Å². The van der Waals surface area contributed by atoms with Gasteiger partial charge in [-0.2, -0.15) is 0 Å². The smallest absolute Gasteiger partial charge is 0.0558 e. The summed E-state index contributed by atoms with van der Waals surface area (Å²) >= 11 is 3.44. The quantitative estimate of drug-likeness (QED) is 0.819. The van der Waals surface area contributed by atoms with E-state index in [0.717, 1.165) is 17.6 Å². The first-order valence-electron chi connectivity index (χ1n) is 5.04. The van der Waals surface area contributed by atoms with E-state index < -0.39 is 0 Å². The maximum Gasteiger partial charge on any atom is 0.0558 e. The monoisotopic (exact) mass is 272 g/mol. The van der Waals surface area contributed by atoms with Crippen LogP contribution in [0.2, 0.25) is 0 Å². The predicted octanol–water partition coefficient (Wildman–Crippen LogP) is 1.20. The molecule has 84 valence electrons. The Balaban J connectivity index is 2.56. The fraction of sp³-hybridized carbons (Fsp3) is 0.455. The SMILES string of the molecule is NCCN(CCO)Cc1cccc(Br)c1. The normalized spacial score (nSPS) is 10.9. The molecular weight excluding hydrogens is 256 g/mol. The minimum Gasteiger partial charge on any atom is -0.395 e. The van der Waals surface area contributed by atoms with Gasteiger partial charge in [-0.15, -0.1) is 0 Å². The summed E-state index contributed by atoms with van der Waals surface area (Å²) in [5.74, 6) is 0. The maximum atomic E-state index is 8.90. The Labute approximate surface area is 99.0 Å². The van der Waals surface area contributed by atoms with E-state index in [1.807, 2.05) is 12.1 Å². The Hall–Kier alpha value is -0.420. The van der Waals surface area contributed by atoms with Crippen molar-refractivity contribution >= 4 is 15.9 Å². The van der Waals surface area contributed by atoms with Gasteiger partial charge in [0.1, 0.15) is 0 Å². The van der Waals surface area contributed by atoms with Crippen molar-refractivity contribution in [1.82, 2.24) is 4.90 Å². The molecule has 3 nitrogen and oxygen atoms in total. The third-order valence-corrected chi connectivity index (χ3v) is 2.65. The van der Waals surface area contributed by atoms with Gasteiger partial charge in [-0.1, -0.05) is 28.1 Å². The Morgan fingerprint density at radius 2 is 2.13 bits per heavy atom. The summed E-state index contributed by atoms with van der Waals surface area (Å²) in [6.07, 6.45) is 0. The fourth-order valence-electron chi connectivity index (χ4n) is 1.49. The molecule has 1 aromatic rings. The lowest BCUT2D eigenvalue weighted by Crippen LogP contribution is -2.31. The average Bonchev–Trinajstić information content (AvgIpc) is 2.18. The molecule has 0 spiro atoms. The van der Waals surface area contributed by atoms with Gasteiger partial charge in [-0.25, -0.2) is 0 Å². The molecule has 0 atom stereocenters. The van der Waals surface area contributed by atoms with Gasteiger partial charge < -0.3 is 10.8 Å². The molecule has 0 saturated heterocycles. The summed E-state index contributed by atoms with van der Waals surface area (Å²) < 4.78 is 1.08. The highest BCUT2D eigenvalue weighted by Gasteiger charge is 2.04. The topological polar surface area (TPSA) is 49.5 Å². The number of benzene rings is 1.